The quantitative estimate of drug-likeness (QED) is 0.625. The number of nitrogens with zero attached hydrogens (tertiary/aromatic N) is 3. The van der Waals surface area contributed by atoms with Crippen molar-refractivity contribution in [3.63, 3.8) is 0 Å². The summed E-state index contributed by atoms with van der Waals surface area (Å²) in [4.78, 5) is 10.9. The Labute approximate surface area is 112 Å². The van der Waals surface area contributed by atoms with Crippen LogP contribution in [0.2, 0.25) is 0 Å². The molecule has 0 N–H and O–H groups in total. The van der Waals surface area contributed by atoms with Crippen LogP contribution in [0, 0.1) is 5.82 Å². The van der Waals surface area contributed by atoms with Gasteiger partial charge in [-0.05, 0) is 28.1 Å². The lowest BCUT2D eigenvalue weighted by Crippen LogP contribution is -2.23. The first kappa shape index (κ1) is 13.7. The molecule has 0 saturated heterocycles. The van der Waals surface area contributed by atoms with Gasteiger partial charge in [0, 0.05) is 6.07 Å². The summed E-state index contributed by atoms with van der Waals surface area (Å²) in [7, 11) is 0. The van der Waals surface area contributed by atoms with Crippen LogP contribution in [0.15, 0.2) is 28.9 Å². The number of alkyl halides is 3. The molecule has 0 bridgehead atoms. The molecule has 0 saturated carbocycles. The van der Waals surface area contributed by atoms with Crippen molar-refractivity contribution in [3.05, 3.63) is 40.4 Å². The molecular formula is C10H4BrF4N3O. The van der Waals surface area contributed by atoms with Crippen LogP contribution in [0.25, 0.3) is 5.69 Å². The molecule has 2 rings (SSSR count). The standard InChI is InChI=1S/C10H4BrF4N3O/c11-6-2-1-5(3-7(6)12)18-4-8(16-17-18)9(19)10(13,14)15/h1-4H. The summed E-state index contributed by atoms with van der Waals surface area (Å²) in [6, 6.07) is 3.81. The number of Topliss-reactive ketones (excluding diaryl/α,β-unsaturated/α-hetero) is 1. The van der Waals surface area contributed by atoms with Gasteiger partial charge in [-0.1, -0.05) is 5.21 Å². The Kier molecular flexibility index (Phi) is 3.40. The predicted octanol–water partition coefficient (Wildman–Crippen LogP) is 2.91. The fraction of sp³-hybridized carbons (Fsp3) is 0.100. The van der Waals surface area contributed by atoms with Crippen LogP contribution in [0.1, 0.15) is 10.5 Å². The van der Waals surface area contributed by atoms with Crippen LogP contribution < -0.4 is 0 Å². The van der Waals surface area contributed by atoms with Gasteiger partial charge in [0.25, 0.3) is 5.78 Å². The maximum absolute atomic E-state index is 13.3. The lowest BCUT2D eigenvalue weighted by Gasteiger charge is -2.01. The minimum atomic E-state index is -5.02. The fourth-order valence-electron chi connectivity index (χ4n) is 1.27. The molecule has 100 valence electrons. The van der Waals surface area contributed by atoms with Crippen molar-refractivity contribution < 1.29 is 22.4 Å². The van der Waals surface area contributed by atoms with Gasteiger partial charge in [-0.25, -0.2) is 9.07 Å². The molecule has 2 aromatic rings. The summed E-state index contributed by atoms with van der Waals surface area (Å²) >= 11 is 2.93. The summed E-state index contributed by atoms with van der Waals surface area (Å²) in [5, 5.41) is 6.48. The fourth-order valence-corrected chi connectivity index (χ4v) is 1.51. The van der Waals surface area contributed by atoms with Gasteiger partial charge in [0.15, 0.2) is 5.69 Å². The SMILES string of the molecule is O=C(c1cn(-c2ccc(Br)c(F)c2)nn1)C(F)(F)F. The Morgan fingerprint density at radius 3 is 2.58 bits per heavy atom. The molecular weight excluding hydrogens is 334 g/mol. The van der Waals surface area contributed by atoms with E-state index in [1.54, 1.807) is 0 Å². The van der Waals surface area contributed by atoms with Gasteiger partial charge in [-0.15, -0.1) is 5.10 Å². The molecule has 0 aliphatic rings. The third kappa shape index (κ3) is 2.80. The zero-order valence-electron chi connectivity index (χ0n) is 8.95. The largest absolute Gasteiger partial charge is 0.456 e. The normalized spacial score (nSPS) is 11.6. The van der Waals surface area contributed by atoms with Crippen LogP contribution in [0.4, 0.5) is 17.6 Å². The van der Waals surface area contributed by atoms with Gasteiger partial charge in [-0.2, -0.15) is 13.2 Å². The minimum absolute atomic E-state index is 0.148. The van der Waals surface area contributed by atoms with Gasteiger partial charge in [0.05, 0.1) is 16.4 Å². The summed E-state index contributed by atoms with van der Waals surface area (Å²) in [6.45, 7) is 0. The van der Waals surface area contributed by atoms with Gasteiger partial charge in [0.2, 0.25) is 0 Å². The van der Waals surface area contributed by atoms with E-state index >= 15 is 0 Å². The highest BCUT2D eigenvalue weighted by Gasteiger charge is 2.41. The van der Waals surface area contributed by atoms with E-state index in [0.717, 1.165) is 16.9 Å². The van der Waals surface area contributed by atoms with Crippen LogP contribution >= 0.6 is 15.9 Å². The van der Waals surface area contributed by atoms with E-state index in [2.05, 4.69) is 26.2 Å². The third-order valence-electron chi connectivity index (χ3n) is 2.15. The molecule has 0 spiro atoms. The number of benzene rings is 1. The second-order valence-corrected chi connectivity index (χ2v) is 4.33. The molecule has 1 heterocycles. The number of hydrogen-bond acceptors (Lipinski definition) is 3. The summed E-state index contributed by atoms with van der Waals surface area (Å²) < 4.78 is 50.9. The number of rotatable bonds is 2. The predicted molar refractivity (Wildman–Crippen MR) is 59.4 cm³/mol. The Hall–Kier alpha value is -1.77. The first-order valence-electron chi connectivity index (χ1n) is 4.78. The van der Waals surface area contributed by atoms with E-state index in [1.807, 2.05) is 0 Å². The van der Waals surface area contributed by atoms with E-state index < -0.39 is 23.5 Å². The Morgan fingerprint density at radius 1 is 1.32 bits per heavy atom. The summed E-state index contributed by atoms with van der Waals surface area (Å²) in [5.74, 6) is -2.71. The number of hydrogen-bond donors (Lipinski definition) is 0. The van der Waals surface area contributed by atoms with Crippen LogP contribution in [-0.2, 0) is 0 Å². The van der Waals surface area contributed by atoms with Gasteiger partial charge >= 0.3 is 6.18 Å². The molecule has 0 radical (unpaired) electrons. The second kappa shape index (κ2) is 4.72. The Balaban J connectivity index is 2.36. The molecule has 9 heteroatoms. The first-order chi connectivity index (χ1) is 8.79. The van der Waals surface area contributed by atoms with Crippen LogP contribution in [0.5, 0.6) is 0 Å². The molecule has 0 unspecified atom stereocenters. The summed E-state index contributed by atoms with van der Waals surface area (Å²) in [6.07, 6.45) is -4.23. The third-order valence-corrected chi connectivity index (χ3v) is 2.79. The van der Waals surface area contributed by atoms with Crippen molar-refractivity contribution in [3.8, 4) is 5.69 Å². The van der Waals surface area contributed by atoms with Crippen molar-refractivity contribution >= 4 is 21.7 Å². The second-order valence-electron chi connectivity index (χ2n) is 3.47. The number of carbonyl (C=O) groups excluding carboxylic acids is 1. The zero-order chi connectivity index (χ0) is 14.2. The number of ketones is 1. The molecule has 19 heavy (non-hydrogen) atoms. The van der Waals surface area contributed by atoms with E-state index in [0.29, 0.717) is 0 Å². The van der Waals surface area contributed by atoms with Gasteiger partial charge in [-0.3, -0.25) is 4.79 Å². The highest BCUT2D eigenvalue weighted by atomic mass is 79.9. The Bertz CT molecular complexity index is 638. The maximum Gasteiger partial charge on any atom is 0.456 e. The molecule has 0 aliphatic carbocycles. The first-order valence-corrected chi connectivity index (χ1v) is 5.57. The topological polar surface area (TPSA) is 47.8 Å². The molecule has 4 nitrogen and oxygen atoms in total. The zero-order valence-corrected chi connectivity index (χ0v) is 10.5. The highest BCUT2D eigenvalue weighted by molar-refractivity contribution is 9.10. The van der Waals surface area contributed by atoms with Crippen molar-refractivity contribution in [1.82, 2.24) is 15.0 Å². The number of halogens is 5. The van der Waals surface area contributed by atoms with Crippen molar-refractivity contribution in [2.24, 2.45) is 0 Å². The molecule has 1 aromatic carbocycles. The Morgan fingerprint density at radius 2 is 2.00 bits per heavy atom. The smallest absolute Gasteiger partial charge is 0.282 e. The van der Waals surface area contributed by atoms with Crippen LogP contribution in [-0.4, -0.2) is 27.0 Å². The lowest BCUT2D eigenvalue weighted by atomic mass is 10.3. The number of aromatic nitrogens is 3. The van der Waals surface area contributed by atoms with E-state index in [-0.39, 0.29) is 10.2 Å². The average molecular weight is 338 g/mol. The van der Waals surface area contributed by atoms with Crippen LogP contribution in [0.3, 0.4) is 0 Å². The summed E-state index contributed by atoms with van der Waals surface area (Å²) in [5.41, 5.74) is -0.703. The average Bonchev–Trinajstić information content (AvgIpc) is 2.79. The monoisotopic (exact) mass is 337 g/mol. The molecule has 0 aliphatic heterocycles. The van der Waals surface area contributed by atoms with E-state index in [1.165, 1.54) is 12.1 Å². The lowest BCUT2D eigenvalue weighted by molar-refractivity contribution is -0.0888. The van der Waals surface area contributed by atoms with Crippen molar-refractivity contribution in [2.45, 2.75) is 6.18 Å². The molecule has 1 aromatic heterocycles. The highest BCUT2D eigenvalue weighted by Crippen LogP contribution is 2.21. The number of carbonyl (C=O) groups is 1. The van der Waals surface area contributed by atoms with Gasteiger partial charge in [0.1, 0.15) is 5.82 Å². The molecule has 0 atom stereocenters. The maximum atomic E-state index is 13.3. The van der Waals surface area contributed by atoms with Crippen molar-refractivity contribution in [1.29, 1.82) is 0 Å². The van der Waals surface area contributed by atoms with Crippen molar-refractivity contribution in [2.75, 3.05) is 0 Å². The van der Waals surface area contributed by atoms with E-state index in [9.17, 15) is 22.4 Å². The van der Waals surface area contributed by atoms with Gasteiger partial charge < -0.3 is 0 Å². The molecule has 0 amide bonds. The molecule has 0 fully saturated rings. The van der Waals surface area contributed by atoms with E-state index in [4.69, 9.17) is 0 Å². The minimum Gasteiger partial charge on any atom is -0.282 e.